The van der Waals surface area contributed by atoms with Crippen molar-refractivity contribution in [1.29, 1.82) is 0 Å². The topological polar surface area (TPSA) is 69.2 Å². The Bertz CT molecular complexity index is 685. The fourth-order valence-corrected chi connectivity index (χ4v) is 3.29. The first-order chi connectivity index (χ1) is 9.98. The molecule has 0 radical (unpaired) electrons. The highest BCUT2D eigenvalue weighted by molar-refractivity contribution is 5.46. The molecule has 21 heavy (non-hydrogen) atoms. The van der Waals surface area contributed by atoms with Gasteiger partial charge in [0.1, 0.15) is 0 Å². The van der Waals surface area contributed by atoms with Gasteiger partial charge in [-0.1, -0.05) is 36.4 Å². The predicted octanol–water partition coefficient (Wildman–Crippen LogP) is 2.94. The van der Waals surface area contributed by atoms with E-state index in [1.54, 1.807) is 19.1 Å². The van der Waals surface area contributed by atoms with E-state index in [0.717, 1.165) is 24.0 Å². The lowest BCUT2D eigenvalue weighted by Gasteiger charge is -2.24. The molecule has 4 heteroatoms. The molecular formula is C17H18N2O2. The Morgan fingerprint density at radius 1 is 1.14 bits per heavy atom. The Kier molecular flexibility index (Phi) is 3.26. The number of rotatable bonds is 3. The SMILES string of the molecule is Cc1c(CC2(N)Cc3ccccc3C2)cccc1[N+](=O)[O-]. The molecule has 0 saturated heterocycles. The molecule has 2 aromatic carbocycles. The first-order valence-corrected chi connectivity index (χ1v) is 7.07. The molecule has 0 heterocycles. The molecule has 1 aliphatic rings. The van der Waals surface area contributed by atoms with E-state index in [1.165, 1.54) is 11.1 Å². The second-order valence-electron chi connectivity index (χ2n) is 5.98. The highest BCUT2D eigenvalue weighted by Crippen LogP contribution is 2.32. The number of nitro benzene ring substituents is 1. The monoisotopic (exact) mass is 282 g/mol. The van der Waals surface area contributed by atoms with Crippen molar-refractivity contribution >= 4 is 5.69 Å². The van der Waals surface area contributed by atoms with Crippen molar-refractivity contribution in [1.82, 2.24) is 0 Å². The molecule has 1 aliphatic carbocycles. The van der Waals surface area contributed by atoms with Crippen molar-refractivity contribution in [2.24, 2.45) is 5.73 Å². The summed E-state index contributed by atoms with van der Waals surface area (Å²) < 4.78 is 0. The quantitative estimate of drug-likeness (QED) is 0.695. The van der Waals surface area contributed by atoms with Gasteiger partial charge in [0.15, 0.2) is 0 Å². The lowest BCUT2D eigenvalue weighted by Crippen LogP contribution is -2.43. The molecule has 0 atom stereocenters. The van der Waals surface area contributed by atoms with Gasteiger partial charge in [-0.3, -0.25) is 10.1 Å². The van der Waals surface area contributed by atoms with Gasteiger partial charge in [-0.05, 0) is 42.9 Å². The third-order valence-corrected chi connectivity index (χ3v) is 4.36. The van der Waals surface area contributed by atoms with Crippen LogP contribution in [0.1, 0.15) is 22.3 Å². The van der Waals surface area contributed by atoms with Crippen LogP contribution in [0, 0.1) is 17.0 Å². The molecule has 2 aromatic rings. The third kappa shape index (κ3) is 2.54. The van der Waals surface area contributed by atoms with Crippen LogP contribution in [0.25, 0.3) is 0 Å². The van der Waals surface area contributed by atoms with Crippen molar-refractivity contribution in [3.8, 4) is 0 Å². The largest absolute Gasteiger partial charge is 0.324 e. The van der Waals surface area contributed by atoms with E-state index in [9.17, 15) is 10.1 Å². The molecule has 0 saturated carbocycles. The van der Waals surface area contributed by atoms with E-state index < -0.39 is 0 Å². The fourth-order valence-electron chi connectivity index (χ4n) is 3.29. The van der Waals surface area contributed by atoms with E-state index in [0.29, 0.717) is 6.42 Å². The molecule has 108 valence electrons. The Labute approximate surface area is 123 Å². The minimum atomic E-state index is -0.344. The molecule has 0 amide bonds. The summed E-state index contributed by atoms with van der Waals surface area (Å²) in [5, 5.41) is 11.0. The van der Waals surface area contributed by atoms with E-state index in [1.807, 2.05) is 18.2 Å². The van der Waals surface area contributed by atoms with Gasteiger partial charge in [0.25, 0.3) is 5.69 Å². The molecule has 4 nitrogen and oxygen atoms in total. The zero-order valence-corrected chi connectivity index (χ0v) is 12.0. The Hall–Kier alpha value is -2.20. The summed E-state index contributed by atoms with van der Waals surface area (Å²) >= 11 is 0. The van der Waals surface area contributed by atoms with Crippen LogP contribution in [0.3, 0.4) is 0 Å². The highest BCUT2D eigenvalue weighted by atomic mass is 16.6. The standard InChI is InChI=1S/C17H18N2O2/c1-12-13(7-4-8-16(12)19(20)21)9-17(18)10-14-5-2-3-6-15(14)11-17/h2-8H,9-11,18H2,1H3. The van der Waals surface area contributed by atoms with Crippen LogP contribution >= 0.6 is 0 Å². The van der Waals surface area contributed by atoms with E-state index in [-0.39, 0.29) is 16.1 Å². The summed E-state index contributed by atoms with van der Waals surface area (Å²) in [4.78, 5) is 10.7. The minimum Gasteiger partial charge on any atom is -0.324 e. The first kappa shape index (κ1) is 13.8. The summed E-state index contributed by atoms with van der Waals surface area (Å²) in [7, 11) is 0. The number of hydrogen-bond donors (Lipinski definition) is 1. The average Bonchev–Trinajstić information content (AvgIpc) is 2.76. The summed E-state index contributed by atoms with van der Waals surface area (Å²) in [6, 6.07) is 13.5. The van der Waals surface area contributed by atoms with Crippen molar-refractivity contribution in [3.63, 3.8) is 0 Å². The summed E-state index contributed by atoms with van der Waals surface area (Å²) in [6.45, 7) is 1.80. The zero-order valence-electron chi connectivity index (χ0n) is 12.0. The maximum absolute atomic E-state index is 11.0. The minimum absolute atomic E-state index is 0.173. The molecule has 2 N–H and O–H groups in total. The van der Waals surface area contributed by atoms with Crippen molar-refractivity contribution in [3.05, 3.63) is 74.8 Å². The van der Waals surface area contributed by atoms with Crippen LogP contribution < -0.4 is 5.73 Å². The molecule has 0 fully saturated rings. The van der Waals surface area contributed by atoms with Crippen molar-refractivity contribution in [2.45, 2.75) is 31.7 Å². The van der Waals surface area contributed by atoms with E-state index in [2.05, 4.69) is 12.1 Å². The van der Waals surface area contributed by atoms with Crippen molar-refractivity contribution in [2.75, 3.05) is 0 Å². The van der Waals surface area contributed by atoms with Crippen LogP contribution in [-0.4, -0.2) is 10.5 Å². The second kappa shape index (κ2) is 4.97. The molecule has 0 aliphatic heterocycles. The number of nitrogens with two attached hydrogens (primary N) is 1. The smallest absolute Gasteiger partial charge is 0.272 e. The van der Waals surface area contributed by atoms with Gasteiger partial charge in [-0.15, -0.1) is 0 Å². The molecule has 3 rings (SSSR count). The normalized spacial score (nSPS) is 15.7. The van der Waals surface area contributed by atoms with Crippen LogP contribution in [-0.2, 0) is 19.3 Å². The number of nitrogens with zero attached hydrogens (tertiary/aromatic N) is 1. The third-order valence-electron chi connectivity index (χ3n) is 4.36. The van der Waals surface area contributed by atoms with Crippen molar-refractivity contribution < 1.29 is 4.92 Å². The van der Waals surface area contributed by atoms with Gasteiger partial charge in [-0.25, -0.2) is 0 Å². The van der Waals surface area contributed by atoms with Gasteiger partial charge in [0.2, 0.25) is 0 Å². The number of nitro groups is 1. The molecule has 0 bridgehead atoms. The molecular weight excluding hydrogens is 264 g/mol. The Morgan fingerprint density at radius 3 is 2.33 bits per heavy atom. The van der Waals surface area contributed by atoms with E-state index in [4.69, 9.17) is 5.73 Å². The number of hydrogen-bond acceptors (Lipinski definition) is 3. The lowest BCUT2D eigenvalue weighted by atomic mass is 9.87. The molecule has 0 unspecified atom stereocenters. The van der Waals surface area contributed by atoms with Gasteiger partial charge in [-0.2, -0.15) is 0 Å². The summed E-state index contributed by atoms with van der Waals surface area (Å²) in [5.74, 6) is 0. The van der Waals surface area contributed by atoms with Gasteiger partial charge >= 0.3 is 0 Å². The summed E-state index contributed by atoms with van der Waals surface area (Å²) in [6.07, 6.45) is 2.31. The number of benzene rings is 2. The van der Waals surface area contributed by atoms with Gasteiger partial charge < -0.3 is 5.73 Å². The van der Waals surface area contributed by atoms with Crippen LogP contribution in [0.2, 0.25) is 0 Å². The van der Waals surface area contributed by atoms with E-state index >= 15 is 0 Å². The van der Waals surface area contributed by atoms with Crippen LogP contribution in [0.15, 0.2) is 42.5 Å². The second-order valence-corrected chi connectivity index (χ2v) is 5.98. The predicted molar refractivity (Wildman–Crippen MR) is 82.3 cm³/mol. The van der Waals surface area contributed by atoms with Crippen LogP contribution in [0.5, 0.6) is 0 Å². The average molecular weight is 282 g/mol. The maximum Gasteiger partial charge on any atom is 0.272 e. The van der Waals surface area contributed by atoms with Gasteiger partial charge in [0.05, 0.1) is 4.92 Å². The molecule has 0 spiro atoms. The highest BCUT2D eigenvalue weighted by Gasteiger charge is 2.34. The van der Waals surface area contributed by atoms with Crippen LogP contribution in [0.4, 0.5) is 5.69 Å². The molecule has 0 aromatic heterocycles. The number of fused-ring (bicyclic) bond motifs is 1. The van der Waals surface area contributed by atoms with Gasteiger partial charge in [0, 0.05) is 17.2 Å². The summed E-state index contributed by atoms with van der Waals surface area (Å²) in [5.41, 5.74) is 10.7. The zero-order chi connectivity index (χ0) is 15.0. The fraction of sp³-hybridized carbons (Fsp3) is 0.294. The first-order valence-electron chi connectivity index (χ1n) is 7.07. The lowest BCUT2D eigenvalue weighted by molar-refractivity contribution is -0.385. The maximum atomic E-state index is 11.0. The Balaban J connectivity index is 1.89. The Morgan fingerprint density at radius 2 is 1.76 bits per heavy atom.